The Morgan fingerprint density at radius 1 is 1.03 bits per heavy atom. The van der Waals surface area contributed by atoms with E-state index in [2.05, 4.69) is 4.90 Å². The fourth-order valence-electron chi connectivity index (χ4n) is 4.20. The second-order valence-corrected chi connectivity index (χ2v) is 8.31. The second-order valence-electron chi connectivity index (χ2n) is 8.31. The van der Waals surface area contributed by atoms with Crippen molar-refractivity contribution in [1.82, 2.24) is 9.80 Å². The lowest BCUT2D eigenvalue weighted by molar-refractivity contribution is -0.123. The molecule has 2 aliphatic heterocycles. The van der Waals surface area contributed by atoms with E-state index in [1.807, 2.05) is 30.3 Å². The Hall–Kier alpha value is -3.90. The van der Waals surface area contributed by atoms with Crippen molar-refractivity contribution in [2.24, 2.45) is 0 Å². The fraction of sp³-hybridized carbons (Fsp3) is 0.385. The summed E-state index contributed by atoms with van der Waals surface area (Å²) in [6, 6.07) is 16.1. The van der Waals surface area contributed by atoms with E-state index in [9.17, 15) is 9.59 Å². The molecule has 35 heavy (non-hydrogen) atoms. The zero-order valence-corrected chi connectivity index (χ0v) is 19.6. The van der Waals surface area contributed by atoms with E-state index in [4.69, 9.17) is 19.9 Å². The van der Waals surface area contributed by atoms with Gasteiger partial charge in [0.25, 0.3) is 12.4 Å². The number of carboxylic acid groups (broad SMARTS) is 1. The standard InChI is InChI=1S/C25H28N4O3.CH2O2/c26-18-20-4-6-21(7-5-20)25(31)28-15-16-29(24(30)19-28)22-8-10-23(11-9-22)32-17-3-14-27-12-1-2-13-27;2-1-3/h4-11H,1-3,12-17,19H2;1H,(H,2,3). The minimum Gasteiger partial charge on any atom is -0.494 e. The maximum atomic E-state index is 12.7. The first-order valence-corrected chi connectivity index (χ1v) is 11.7. The molecule has 0 radical (unpaired) electrons. The van der Waals surface area contributed by atoms with Gasteiger partial charge in [0, 0.05) is 30.9 Å². The van der Waals surface area contributed by atoms with Crippen LogP contribution >= 0.6 is 0 Å². The number of ether oxygens (including phenoxy) is 1. The van der Waals surface area contributed by atoms with Gasteiger partial charge in [-0.1, -0.05) is 0 Å². The van der Waals surface area contributed by atoms with Crippen LogP contribution in [0.5, 0.6) is 5.75 Å². The van der Waals surface area contributed by atoms with Crippen molar-refractivity contribution >= 4 is 24.0 Å². The monoisotopic (exact) mass is 478 g/mol. The van der Waals surface area contributed by atoms with Crippen LogP contribution in [-0.4, -0.2) is 79.1 Å². The first kappa shape index (κ1) is 25.7. The predicted octanol–water partition coefficient (Wildman–Crippen LogP) is 2.61. The summed E-state index contributed by atoms with van der Waals surface area (Å²) in [5, 5.41) is 15.8. The van der Waals surface area contributed by atoms with Crippen LogP contribution < -0.4 is 9.64 Å². The van der Waals surface area contributed by atoms with Crippen LogP contribution in [0.1, 0.15) is 35.2 Å². The summed E-state index contributed by atoms with van der Waals surface area (Å²) in [7, 11) is 0. The van der Waals surface area contributed by atoms with Gasteiger partial charge in [0.15, 0.2) is 0 Å². The number of piperazine rings is 1. The second kappa shape index (κ2) is 13.1. The van der Waals surface area contributed by atoms with Crippen LogP contribution in [0, 0.1) is 11.3 Å². The Morgan fingerprint density at radius 3 is 2.29 bits per heavy atom. The van der Waals surface area contributed by atoms with Gasteiger partial charge in [-0.3, -0.25) is 14.4 Å². The average Bonchev–Trinajstić information content (AvgIpc) is 3.41. The number of carbonyl (C=O) groups excluding carboxylic acids is 2. The Kier molecular flexibility index (Phi) is 9.63. The molecule has 0 atom stereocenters. The predicted molar refractivity (Wildman–Crippen MR) is 130 cm³/mol. The SMILES string of the molecule is N#Cc1ccc(C(=O)N2CCN(c3ccc(OCCCN4CCCC4)cc3)C(=O)C2)cc1.O=CO. The third kappa shape index (κ3) is 7.29. The zero-order valence-electron chi connectivity index (χ0n) is 19.6. The normalized spacial score (nSPS) is 15.7. The van der Waals surface area contributed by atoms with Gasteiger partial charge in [-0.25, -0.2) is 0 Å². The van der Waals surface area contributed by atoms with Gasteiger partial charge in [0.1, 0.15) is 12.3 Å². The molecule has 184 valence electrons. The minimum absolute atomic E-state index is 0.0353. The lowest BCUT2D eigenvalue weighted by Gasteiger charge is -2.34. The van der Waals surface area contributed by atoms with E-state index in [1.54, 1.807) is 34.1 Å². The molecule has 2 saturated heterocycles. The smallest absolute Gasteiger partial charge is 0.290 e. The quantitative estimate of drug-likeness (QED) is 0.481. The van der Waals surface area contributed by atoms with E-state index in [0.29, 0.717) is 30.8 Å². The van der Waals surface area contributed by atoms with Crippen molar-refractivity contribution in [3.63, 3.8) is 0 Å². The molecule has 0 unspecified atom stereocenters. The number of likely N-dealkylation sites (tertiary alicyclic amines) is 1. The van der Waals surface area contributed by atoms with Crippen LogP contribution in [-0.2, 0) is 9.59 Å². The maximum Gasteiger partial charge on any atom is 0.290 e. The van der Waals surface area contributed by atoms with E-state index < -0.39 is 0 Å². The molecule has 0 aliphatic carbocycles. The van der Waals surface area contributed by atoms with Crippen molar-refractivity contribution in [1.29, 1.82) is 5.26 Å². The molecular weight excluding hydrogens is 448 g/mol. The highest BCUT2D eigenvalue weighted by atomic mass is 16.5. The lowest BCUT2D eigenvalue weighted by atomic mass is 10.1. The van der Waals surface area contributed by atoms with Crippen LogP contribution in [0.2, 0.25) is 0 Å². The third-order valence-corrected chi connectivity index (χ3v) is 6.00. The van der Waals surface area contributed by atoms with E-state index in [-0.39, 0.29) is 24.8 Å². The van der Waals surface area contributed by atoms with E-state index >= 15 is 0 Å². The third-order valence-electron chi connectivity index (χ3n) is 6.00. The van der Waals surface area contributed by atoms with Crippen LogP contribution in [0.15, 0.2) is 48.5 Å². The highest BCUT2D eigenvalue weighted by Gasteiger charge is 2.28. The van der Waals surface area contributed by atoms with Crippen LogP contribution in [0.25, 0.3) is 0 Å². The van der Waals surface area contributed by atoms with Gasteiger partial charge in [-0.05, 0) is 80.9 Å². The summed E-state index contributed by atoms with van der Waals surface area (Å²) in [4.78, 5) is 39.5. The molecule has 0 aromatic heterocycles. The molecule has 2 aromatic carbocycles. The lowest BCUT2D eigenvalue weighted by Crippen LogP contribution is -2.52. The number of hydrogen-bond donors (Lipinski definition) is 1. The molecule has 9 heteroatoms. The molecule has 2 aliphatic rings. The summed E-state index contributed by atoms with van der Waals surface area (Å²) in [6.07, 6.45) is 3.62. The number of anilines is 1. The average molecular weight is 479 g/mol. The highest BCUT2D eigenvalue weighted by Crippen LogP contribution is 2.22. The summed E-state index contributed by atoms with van der Waals surface area (Å²) in [5.74, 6) is 0.495. The molecule has 0 spiro atoms. The van der Waals surface area contributed by atoms with Crippen molar-refractivity contribution < 1.29 is 24.2 Å². The number of carbonyl (C=O) groups is 3. The van der Waals surface area contributed by atoms with Crippen LogP contribution in [0.3, 0.4) is 0 Å². The number of benzene rings is 2. The van der Waals surface area contributed by atoms with Crippen LogP contribution in [0.4, 0.5) is 5.69 Å². The topological polar surface area (TPSA) is 114 Å². The number of hydrogen-bond acceptors (Lipinski definition) is 6. The zero-order chi connectivity index (χ0) is 25.0. The fourth-order valence-corrected chi connectivity index (χ4v) is 4.20. The largest absolute Gasteiger partial charge is 0.494 e. The summed E-state index contributed by atoms with van der Waals surface area (Å²) in [6.45, 7) is 4.86. The molecule has 9 nitrogen and oxygen atoms in total. The van der Waals surface area contributed by atoms with Gasteiger partial charge >= 0.3 is 0 Å². The van der Waals surface area contributed by atoms with Crippen molar-refractivity contribution in [3.05, 3.63) is 59.7 Å². The summed E-state index contributed by atoms with van der Waals surface area (Å²) in [5.41, 5.74) is 1.79. The Bertz CT molecular complexity index is 1030. The first-order valence-electron chi connectivity index (χ1n) is 11.7. The molecule has 0 saturated carbocycles. The van der Waals surface area contributed by atoms with Gasteiger partial charge in [-0.15, -0.1) is 0 Å². The molecule has 4 rings (SSSR count). The Morgan fingerprint density at radius 2 is 1.69 bits per heavy atom. The molecule has 2 heterocycles. The van der Waals surface area contributed by atoms with E-state index in [0.717, 1.165) is 24.4 Å². The van der Waals surface area contributed by atoms with E-state index in [1.165, 1.54) is 25.9 Å². The maximum absolute atomic E-state index is 12.7. The van der Waals surface area contributed by atoms with Crippen molar-refractivity contribution in [3.8, 4) is 11.8 Å². The Labute approximate surface area is 205 Å². The molecule has 2 aromatic rings. The summed E-state index contributed by atoms with van der Waals surface area (Å²) < 4.78 is 5.85. The van der Waals surface area contributed by atoms with Gasteiger partial charge in [-0.2, -0.15) is 5.26 Å². The number of amides is 2. The van der Waals surface area contributed by atoms with Gasteiger partial charge in [0.05, 0.1) is 18.2 Å². The molecule has 2 amide bonds. The highest BCUT2D eigenvalue weighted by molar-refractivity contribution is 6.01. The number of rotatable bonds is 7. The summed E-state index contributed by atoms with van der Waals surface area (Å²) >= 11 is 0. The first-order chi connectivity index (χ1) is 17.0. The van der Waals surface area contributed by atoms with Gasteiger partial charge in [0.2, 0.25) is 5.91 Å². The Balaban J connectivity index is 0.00000108. The number of nitrogens with zero attached hydrogens (tertiary/aromatic N) is 4. The molecule has 0 bridgehead atoms. The van der Waals surface area contributed by atoms with Crippen molar-refractivity contribution in [2.45, 2.75) is 19.3 Å². The van der Waals surface area contributed by atoms with Gasteiger partial charge < -0.3 is 24.5 Å². The molecular formula is C26H30N4O5. The molecule has 1 N–H and O–H groups in total. The minimum atomic E-state index is -0.250. The molecule has 2 fully saturated rings. The van der Waals surface area contributed by atoms with Crippen molar-refractivity contribution in [2.75, 3.05) is 50.8 Å². The number of nitriles is 1.